The zero-order valence-electron chi connectivity index (χ0n) is 14.9. The molecule has 1 fully saturated rings. The molecule has 0 unspecified atom stereocenters. The van der Waals surface area contributed by atoms with Gasteiger partial charge in [0, 0.05) is 37.8 Å². The van der Waals surface area contributed by atoms with Crippen LogP contribution >= 0.6 is 12.4 Å². The summed E-state index contributed by atoms with van der Waals surface area (Å²) in [7, 11) is 0.821. The summed E-state index contributed by atoms with van der Waals surface area (Å²) in [4.78, 5) is 1.17. The topological polar surface area (TPSA) is 24.5 Å². The van der Waals surface area contributed by atoms with Crippen molar-refractivity contribution in [2.24, 2.45) is 0 Å². The molecule has 29 heavy (non-hydrogen) atoms. The van der Waals surface area contributed by atoms with Crippen molar-refractivity contribution < 1.29 is 44.3 Å². The van der Waals surface area contributed by atoms with Crippen LogP contribution in [-0.2, 0) is 12.4 Å². The molecule has 1 aromatic rings. The Labute approximate surface area is 166 Å². The van der Waals surface area contributed by atoms with E-state index in [0.717, 1.165) is 7.11 Å². The van der Waals surface area contributed by atoms with Crippen LogP contribution < -0.4 is 10.1 Å². The van der Waals surface area contributed by atoms with Gasteiger partial charge >= 0.3 is 18.5 Å². The maximum Gasteiger partial charge on any atom is 0.416 e. The largest absolute Gasteiger partial charge is 0.496 e. The monoisotopic (exact) mass is 460 g/mol. The number of halogens is 10. The first-order valence-electron chi connectivity index (χ1n) is 8.12. The minimum Gasteiger partial charge on any atom is -0.496 e. The van der Waals surface area contributed by atoms with Gasteiger partial charge in [0.2, 0.25) is 0 Å². The van der Waals surface area contributed by atoms with E-state index in [4.69, 9.17) is 4.74 Å². The summed E-state index contributed by atoms with van der Waals surface area (Å²) >= 11 is 0. The fourth-order valence-electron chi connectivity index (χ4n) is 3.16. The summed E-state index contributed by atoms with van der Waals surface area (Å²) in [5.74, 6) is -0.880. The Bertz CT molecular complexity index is 683. The first kappa shape index (κ1) is 25.6. The number of nitrogens with one attached hydrogen (secondary N) is 1. The van der Waals surface area contributed by atoms with Crippen molar-refractivity contribution in [1.29, 1.82) is 0 Å². The van der Waals surface area contributed by atoms with Crippen molar-refractivity contribution in [3.63, 3.8) is 0 Å². The number of rotatable bonds is 4. The maximum absolute atomic E-state index is 13.6. The Morgan fingerprint density at radius 1 is 0.966 bits per heavy atom. The standard InChI is InChI=1S/C16H17F9N2O.ClH/c1-28-12-7-9(15(20,21)22)6-10(16(23,24)25)13(12)11(8-14(17,18)19)27-4-2-26-3-5-27;/h6-7,11,26H,2-5,8H2,1H3;1H/t11-;/m0./s1. The number of hydrogen-bond donors (Lipinski definition) is 1. The average Bonchev–Trinajstić information content (AvgIpc) is 2.57. The molecule has 1 aliphatic rings. The Hall–Kier alpha value is -1.40. The van der Waals surface area contributed by atoms with Crippen LogP contribution in [0.15, 0.2) is 12.1 Å². The first-order valence-corrected chi connectivity index (χ1v) is 8.12. The number of benzene rings is 1. The number of methoxy groups -OCH3 is 1. The maximum atomic E-state index is 13.6. The van der Waals surface area contributed by atoms with Crippen LogP contribution in [-0.4, -0.2) is 44.4 Å². The quantitative estimate of drug-likeness (QED) is 0.636. The number of hydrogen-bond acceptors (Lipinski definition) is 3. The minimum absolute atomic E-state index is 0. The molecule has 1 heterocycles. The predicted molar refractivity (Wildman–Crippen MR) is 88.1 cm³/mol. The molecule has 0 spiro atoms. The summed E-state index contributed by atoms with van der Waals surface area (Å²) in [5.41, 5.74) is -4.37. The summed E-state index contributed by atoms with van der Waals surface area (Å²) in [6.07, 6.45) is -16.9. The van der Waals surface area contributed by atoms with E-state index in [1.165, 1.54) is 4.90 Å². The highest BCUT2D eigenvalue weighted by atomic mass is 35.5. The van der Waals surface area contributed by atoms with Crippen molar-refractivity contribution >= 4 is 12.4 Å². The van der Waals surface area contributed by atoms with Gasteiger partial charge in [0.05, 0.1) is 24.7 Å². The van der Waals surface area contributed by atoms with Gasteiger partial charge in [-0.2, -0.15) is 39.5 Å². The van der Waals surface area contributed by atoms with E-state index in [-0.39, 0.29) is 44.7 Å². The summed E-state index contributed by atoms with van der Waals surface area (Å²) < 4.78 is 124. The number of piperazine rings is 1. The van der Waals surface area contributed by atoms with Crippen LogP contribution in [0.3, 0.4) is 0 Å². The van der Waals surface area contributed by atoms with Crippen LogP contribution in [0.1, 0.15) is 29.2 Å². The van der Waals surface area contributed by atoms with Crippen molar-refractivity contribution in [2.75, 3.05) is 33.3 Å². The Kier molecular flexibility index (Phi) is 8.11. The van der Waals surface area contributed by atoms with Gasteiger partial charge in [0.15, 0.2) is 0 Å². The highest BCUT2D eigenvalue weighted by Crippen LogP contribution is 2.47. The van der Waals surface area contributed by atoms with E-state index in [9.17, 15) is 39.5 Å². The normalized spacial score (nSPS) is 17.6. The van der Waals surface area contributed by atoms with Crippen LogP contribution in [0.4, 0.5) is 39.5 Å². The number of ether oxygens (including phenoxy) is 1. The van der Waals surface area contributed by atoms with E-state index in [1.807, 2.05) is 0 Å². The van der Waals surface area contributed by atoms with Gasteiger partial charge in [-0.05, 0) is 12.1 Å². The molecule has 0 aliphatic carbocycles. The third-order valence-electron chi connectivity index (χ3n) is 4.35. The Morgan fingerprint density at radius 2 is 1.52 bits per heavy atom. The molecule has 0 amide bonds. The van der Waals surface area contributed by atoms with Gasteiger partial charge in [-0.3, -0.25) is 4.90 Å². The van der Waals surface area contributed by atoms with E-state index in [1.54, 1.807) is 0 Å². The molecule has 2 rings (SSSR count). The third kappa shape index (κ3) is 6.54. The first-order chi connectivity index (χ1) is 12.7. The van der Waals surface area contributed by atoms with Crippen LogP contribution in [0.5, 0.6) is 5.75 Å². The molecule has 1 N–H and O–H groups in total. The highest BCUT2D eigenvalue weighted by Gasteiger charge is 2.45. The Morgan fingerprint density at radius 3 is 1.93 bits per heavy atom. The molecule has 3 nitrogen and oxygen atoms in total. The minimum atomic E-state index is -5.30. The summed E-state index contributed by atoms with van der Waals surface area (Å²) in [6, 6.07) is -1.70. The molecule has 168 valence electrons. The molecular weight excluding hydrogens is 443 g/mol. The predicted octanol–water partition coefficient (Wildman–Crippen LogP) is 5.05. The van der Waals surface area contributed by atoms with Crippen molar-refractivity contribution in [3.8, 4) is 5.75 Å². The van der Waals surface area contributed by atoms with E-state index in [0.29, 0.717) is 6.07 Å². The van der Waals surface area contributed by atoms with Crippen molar-refractivity contribution in [1.82, 2.24) is 10.2 Å². The summed E-state index contributed by atoms with van der Waals surface area (Å²) in [5, 5.41) is 2.86. The van der Waals surface area contributed by atoms with Crippen molar-refractivity contribution in [2.45, 2.75) is 31.0 Å². The number of alkyl halides is 9. The van der Waals surface area contributed by atoms with Crippen molar-refractivity contribution in [3.05, 3.63) is 28.8 Å². The van der Waals surface area contributed by atoms with Crippen LogP contribution in [0.2, 0.25) is 0 Å². The molecule has 0 radical (unpaired) electrons. The molecule has 0 bridgehead atoms. The lowest BCUT2D eigenvalue weighted by Crippen LogP contribution is -2.46. The lowest BCUT2D eigenvalue weighted by molar-refractivity contribution is -0.154. The number of nitrogens with zero attached hydrogens (tertiary/aromatic N) is 1. The second kappa shape index (κ2) is 9.17. The van der Waals surface area contributed by atoms with E-state index < -0.39 is 53.4 Å². The molecule has 1 saturated heterocycles. The molecule has 0 saturated carbocycles. The molecule has 1 aliphatic heterocycles. The van der Waals surface area contributed by atoms with Crippen LogP contribution in [0, 0.1) is 0 Å². The molecule has 0 aromatic heterocycles. The lowest BCUT2D eigenvalue weighted by Gasteiger charge is -2.37. The molecule has 1 aromatic carbocycles. The molecule has 1 atom stereocenters. The van der Waals surface area contributed by atoms with Gasteiger partial charge < -0.3 is 10.1 Å². The molecular formula is C16H18ClF9N2O. The van der Waals surface area contributed by atoms with Gasteiger partial charge in [-0.15, -0.1) is 12.4 Å². The van der Waals surface area contributed by atoms with Gasteiger partial charge in [-0.25, -0.2) is 0 Å². The average molecular weight is 461 g/mol. The zero-order chi connectivity index (χ0) is 21.3. The van der Waals surface area contributed by atoms with Gasteiger partial charge in [-0.1, -0.05) is 0 Å². The third-order valence-corrected chi connectivity index (χ3v) is 4.35. The highest BCUT2D eigenvalue weighted by molar-refractivity contribution is 5.85. The van der Waals surface area contributed by atoms with Gasteiger partial charge in [0.25, 0.3) is 0 Å². The molecule has 13 heteroatoms. The second-order valence-corrected chi connectivity index (χ2v) is 6.26. The van der Waals surface area contributed by atoms with Gasteiger partial charge in [0.1, 0.15) is 5.75 Å². The zero-order valence-corrected chi connectivity index (χ0v) is 15.7. The SMILES string of the molecule is COc1cc(C(F)(F)F)cc(C(F)(F)F)c1[C@H](CC(F)(F)F)N1CCNCC1.Cl. The van der Waals surface area contributed by atoms with E-state index >= 15 is 0 Å². The lowest BCUT2D eigenvalue weighted by atomic mass is 9.92. The Balaban J connectivity index is 0.00000420. The fraction of sp³-hybridized carbons (Fsp3) is 0.625. The smallest absolute Gasteiger partial charge is 0.416 e. The summed E-state index contributed by atoms with van der Waals surface area (Å²) in [6.45, 7) is 0.474. The van der Waals surface area contributed by atoms with Crippen LogP contribution in [0.25, 0.3) is 0 Å². The second-order valence-electron chi connectivity index (χ2n) is 6.26. The van der Waals surface area contributed by atoms with E-state index in [2.05, 4.69) is 5.32 Å². The fourth-order valence-corrected chi connectivity index (χ4v) is 3.16.